The molecule has 35 heavy (non-hydrogen) atoms. The second-order valence-electron chi connectivity index (χ2n) is 11.8. The highest BCUT2D eigenvalue weighted by Crippen LogP contribution is 2.65. The van der Waals surface area contributed by atoms with Gasteiger partial charge in [-0.2, -0.15) is 0 Å². The van der Waals surface area contributed by atoms with Crippen LogP contribution in [0.2, 0.25) is 0 Å². The number of halogens is 2. The number of nitrogens with one attached hydrogen (secondary N) is 2. The van der Waals surface area contributed by atoms with Gasteiger partial charge >= 0.3 is 6.03 Å². The number of amides is 4. The van der Waals surface area contributed by atoms with Gasteiger partial charge in [0.1, 0.15) is 10.4 Å². The summed E-state index contributed by atoms with van der Waals surface area (Å²) in [6.07, 6.45) is 0.647. The van der Waals surface area contributed by atoms with Crippen LogP contribution in [0, 0.1) is 23.2 Å². The van der Waals surface area contributed by atoms with Crippen LogP contribution in [0.5, 0.6) is 0 Å². The van der Waals surface area contributed by atoms with Gasteiger partial charge in [-0.25, -0.2) is 4.79 Å². The summed E-state index contributed by atoms with van der Waals surface area (Å²) in [7, 11) is 0. The number of carbonyl (C=O) groups is 5. The van der Waals surface area contributed by atoms with Gasteiger partial charge in [0.2, 0.25) is 11.7 Å². The molecule has 0 aromatic heterocycles. The molecule has 0 radical (unpaired) electrons. The van der Waals surface area contributed by atoms with Crippen molar-refractivity contribution in [1.82, 2.24) is 15.5 Å². The number of likely N-dealkylation sites (tertiary alicyclic amines) is 1. The van der Waals surface area contributed by atoms with Gasteiger partial charge in [-0.05, 0) is 32.6 Å². The van der Waals surface area contributed by atoms with E-state index < -0.39 is 68.6 Å². The molecule has 2 aliphatic rings. The lowest BCUT2D eigenvalue weighted by atomic mass is 9.85. The molecule has 1 aliphatic carbocycles. The third kappa shape index (κ3) is 6.67. The third-order valence-electron chi connectivity index (χ3n) is 6.52. The molecular weight excluding hydrogens is 495 g/mol. The summed E-state index contributed by atoms with van der Waals surface area (Å²) in [4.78, 5) is 65.0. The number of hydrogen-bond acceptors (Lipinski definition) is 5. The molecule has 2 fully saturated rings. The Morgan fingerprint density at radius 2 is 1.66 bits per heavy atom. The van der Waals surface area contributed by atoms with Gasteiger partial charge in [-0.1, -0.05) is 34.1 Å². The molecule has 1 saturated carbocycles. The van der Waals surface area contributed by atoms with Crippen LogP contribution in [-0.2, 0) is 19.2 Å². The zero-order valence-corrected chi connectivity index (χ0v) is 23.0. The second kappa shape index (κ2) is 10.2. The van der Waals surface area contributed by atoms with E-state index >= 15 is 0 Å². The standard InChI is InChI=1S/C24H38Cl2N4O5/c1-8-9-12(17(32)19(27)33)10-14(31)16-15-13(24(15,25)26)11-30(16)20(34)18(22(2,3)4)28-21(35)29-23(5,6)7/h12-13,15-16,18H,8-11H2,1-7H3,(H2,27,33)(H2,28,29,35)/t12?,13-,15-,16+,18+/m0/s1. The van der Waals surface area contributed by atoms with Crippen LogP contribution < -0.4 is 16.4 Å². The first-order valence-electron chi connectivity index (χ1n) is 12.0. The van der Waals surface area contributed by atoms with Crippen LogP contribution >= 0.6 is 23.2 Å². The van der Waals surface area contributed by atoms with Crippen LogP contribution in [0.25, 0.3) is 0 Å². The summed E-state index contributed by atoms with van der Waals surface area (Å²) in [6.45, 7) is 12.9. The number of rotatable bonds is 9. The van der Waals surface area contributed by atoms with Crippen molar-refractivity contribution in [3.63, 3.8) is 0 Å². The molecule has 1 aliphatic heterocycles. The molecule has 1 saturated heterocycles. The van der Waals surface area contributed by atoms with E-state index in [2.05, 4.69) is 10.6 Å². The predicted molar refractivity (Wildman–Crippen MR) is 134 cm³/mol. The molecule has 5 atom stereocenters. The summed E-state index contributed by atoms with van der Waals surface area (Å²) < 4.78 is -1.15. The maximum atomic E-state index is 13.7. The minimum Gasteiger partial charge on any atom is -0.363 e. The number of piperidine rings is 1. The van der Waals surface area contributed by atoms with Crippen LogP contribution in [-0.4, -0.2) is 62.8 Å². The number of alkyl halides is 2. The van der Waals surface area contributed by atoms with E-state index in [0.717, 1.165) is 0 Å². The summed E-state index contributed by atoms with van der Waals surface area (Å²) >= 11 is 12.8. The smallest absolute Gasteiger partial charge is 0.315 e. The molecule has 4 N–H and O–H groups in total. The average Bonchev–Trinajstić information content (AvgIpc) is 3.03. The Kier molecular flexibility index (Phi) is 8.59. The van der Waals surface area contributed by atoms with Crippen LogP contribution in [0.1, 0.15) is 67.7 Å². The average molecular weight is 533 g/mol. The minimum atomic E-state index is -1.15. The maximum Gasteiger partial charge on any atom is 0.315 e. The number of primary amides is 1. The Bertz CT molecular complexity index is 893. The molecule has 1 unspecified atom stereocenters. The van der Waals surface area contributed by atoms with E-state index in [0.29, 0.717) is 12.8 Å². The largest absolute Gasteiger partial charge is 0.363 e. The lowest BCUT2D eigenvalue weighted by Crippen LogP contribution is -2.60. The summed E-state index contributed by atoms with van der Waals surface area (Å²) in [5.74, 6) is -4.38. The molecule has 198 valence electrons. The van der Waals surface area contributed by atoms with Crippen molar-refractivity contribution < 1.29 is 24.0 Å². The monoisotopic (exact) mass is 532 g/mol. The molecule has 0 spiro atoms. The third-order valence-corrected chi connectivity index (χ3v) is 7.59. The minimum absolute atomic E-state index is 0.157. The Balaban J connectivity index is 2.31. The van der Waals surface area contributed by atoms with Crippen molar-refractivity contribution in [3.8, 4) is 0 Å². The zero-order chi connectivity index (χ0) is 27.1. The molecule has 0 bridgehead atoms. The van der Waals surface area contributed by atoms with E-state index in [1.54, 1.807) is 0 Å². The molecule has 11 heteroatoms. The first kappa shape index (κ1) is 29.4. The van der Waals surface area contributed by atoms with Crippen molar-refractivity contribution >= 4 is 52.6 Å². The van der Waals surface area contributed by atoms with Crippen molar-refractivity contribution in [2.75, 3.05) is 6.54 Å². The molecule has 0 aromatic rings. The Morgan fingerprint density at radius 3 is 2.11 bits per heavy atom. The van der Waals surface area contributed by atoms with Crippen molar-refractivity contribution in [2.24, 2.45) is 28.9 Å². The lowest BCUT2D eigenvalue weighted by Gasteiger charge is -2.38. The van der Waals surface area contributed by atoms with Gasteiger partial charge in [0.15, 0.2) is 5.78 Å². The normalized spacial score (nSPS) is 24.7. The van der Waals surface area contributed by atoms with Crippen molar-refractivity contribution in [1.29, 1.82) is 0 Å². The number of nitrogens with zero attached hydrogens (tertiary/aromatic N) is 1. The fourth-order valence-corrected chi connectivity index (χ4v) is 5.59. The molecular formula is C24H38Cl2N4O5. The fraction of sp³-hybridized carbons (Fsp3) is 0.792. The topological polar surface area (TPSA) is 139 Å². The maximum absolute atomic E-state index is 13.7. The van der Waals surface area contributed by atoms with Crippen LogP contribution in [0.4, 0.5) is 4.79 Å². The number of carbonyl (C=O) groups excluding carboxylic acids is 5. The van der Waals surface area contributed by atoms with Gasteiger partial charge in [0.25, 0.3) is 5.91 Å². The molecule has 1 heterocycles. The first-order chi connectivity index (χ1) is 15.8. The van der Waals surface area contributed by atoms with E-state index in [4.69, 9.17) is 28.9 Å². The molecule has 4 amide bonds. The number of hydrogen-bond donors (Lipinski definition) is 3. The Hall–Kier alpha value is -1.87. The van der Waals surface area contributed by atoms with E-state index in [-0.39, 0.29) is 18.9 Å². The molecule has 9 nitrogen and oxygen atoms in total. The highest BCUT2D eigenvalue weighted by Gasteiger charge is 2.73. The number of fused-ring (bicyclic) bond motifs is 1. The summed E-state index contributed by atoms with van der Waals surface area (Å²) in [6, 6.07) is -2.40. The van der Waals surface area contributed by atoms with Gasteiger partial charge in [-0.3, -0.25) is 19.2 Å². The fourth-order valence-electron chi connectivity index (χ4n) is 4.76. The number of urea groups is 1. The van der Waals surface area contributed by atoms with E-state index in [9.17, 15) is 24.0 Å². The quantitative estimate of drug-likeness (QED) is 0.309. The summed E-state index contributed by atoms with van der Waals surface area (Å²) in [5.41, 5.74) is 3.99. The van der Waals surface area contributed by atoms with Crippen molar-refractivity contribution in [2.45, 2.75) is 89.7 Å². The van der Waals surface area contributed by atoms with Gasteiger partial charge in [0.05, 0.1) is 6.04 Å². The Labute approximate surface area is 217 Å². The van der Waals surface area contributed by atoms with Gasteiger partial charge in [0, 0.05) is 36.3 Å². The molecule has 0 aromatic carbocycles. The summed E-state index contributed by atoms with van der Waals surface area (Å²) in [5, 5.41) is 5.54. The van der Waals surface area contributed by atoms with Crippen LogP contribution in [0.3, 0.4) is 0 Å². The molecule has 2 rings (SSSR count). The second-order valence-corrected chi connectivity index (χ2v) is 13.2. The lowest BCUT2D eigenvalue weighted by molar-refractivity contribution is -0.144. The van der Waals surface area contributed by atoms with E-state index in [1.165, 1.54) is 4.90 Å². The van der Waals surface area contributed by atoms with Crippen LogP contribution in [0.15, 0.2) is 0 Å². The highest BCUT2D eigenvalue weighted by atomic mass is 35.5. The van der Waals surface area contributed by atoms with Gasteiger partial charge in [-0.15, -0.1) is 23.2 Å². The number of Topliss-reactive ketones (excluding diaryl/α,β-unsaturated/α-hetero) is 2. The van der Waals surface area contributed by atoms with E-state index in [1.807, 2.05) is 48.5 Å². The first-order valence-corrected chi connectivity index (χ1v) is 12.7. The Morgan fingerprint density at radius 1 is 1.09 bits per heavy atom. The zero-order valence-electron chi connectivity index (χ0n) is 21.5. The number of ketones is 2. The highest BCUT2D eigenvalue weighted by molar-refractivity contribution is 6.51. The number of nitrogens with two attached hydrogens (primary N) is 1. The van der Waals surface area contributed by atoms with Gasteiger partial charge < -0.3 is 21.3 Å². The predicted octanol–water partition coefficient (Wildman–Crippen LogP) is 2.56. The SMILES string of the molecule is CCCC(CC(=O)[C@@H]1[C@@H]2[C@H](CN1C(=O)[C@@H](NC(=O)NC(C)(C)C)C(C)(C)C)C2(Cl)Cl)C(=O)C(N)=O. The van der Waals surface area contributed by atoms with Crippen molar-refractivity contribution in [3.05, 3.63) is 0 Å².